The minimum Gasteiger partial charge on any atom is -0.487 e. The topological polar surface area (TPSA) is 84.6 Å². The van der Waals surface area contributed by atoms with E-state index in [2.05, 4.69) is 5.32 Å². The summed E-state index contributed by atoms with van der Waals surface area (Å²) >= 11 is 0. The van der Waals surface area contributed by atoms with E-state index in [9.17, 15) is 15.2 Å². The Morgan fingerprint density at radius 2 is 2.25 bits per heavy atom. The van der Waals surface area contributed by atoms with E-state index in [0.29, 0.717) is 12.3 Å². The second-order valence-electron chi connectivity index (χ2n) is 5.17. The molecule has 1 saturated carbocycles. The third-order valence-corrected chi connectivity index (χ3v) is 3.66. The van der Waals surface area contributed by atoms with Gasteiger partial charge in [0.1, 0.15) is 5.69 Å². The van der Waals surface area contributed by atoms with E-state index in [1.54, 1.807) is 18.2 Å². The van der Waals surface area contributed by atoms with Crippen molar-refractivity contribution in [2.24, 2.45) is 0 Å². The lowest BCUT2D eigenvalue weighted by Gasteiger charge is -2.41. The maximum Gasteiger partial charge on any atom is 0.333 e. The monoisotopic (exact) mass is 280 g/mol. The summed E-state index contributed by atoms with van der Waals surface area (Å²) in [7, 11) is 0. The highest BCUT2D eigenvalue weighted by Gasteiger charge is 2.38. The molecule has 0 atom stereocenters. The van der Waals surface area contributed by atoms with E-state index in [0.717, 1.165) is 25.7 Å². The predicted molar refractivity (Wildman–Crippen MR) is 76.2 cm³/mol. The molecule has 6 heteroatoms. The first kappa shape index (κ1) is 14.6. The highest BCUT2D eigenvalue weighted by molar-refractivity contribution is 5.69. The summed E-state index contributed by atoms with van der Waals surface area (Å²) in [6, 6.07) is 4.99. The van der Waals surface area contributed by atoms with Crippen molar-refractivity contribution in [2.45, 2.75) is 38.1 Å². The smallest absolute Gasteiger partial charge is 0.333 e. The molecule has 1 aliphatic rings. The molecule has 1 aromatic rings. The van der Waals surface area contributed by atoms with E-state index in [1.165, 1.54) is 0 Å². The van der Waals surface area contributed by atoms with Gasteiger partial charge < -0.3 is 15.2 Å². The van der Waals surface area contributed by atoms with Crippen molar-refractivity contribution in [3.05, 3.63) is 28.3 Å². The molecule has 20 heavy (non-hydrogen) atoms. The molecule has 0 unspecified atom stereocenters. The van der Waals surface area contributed by atoms with Gasteiger partial charge in [-0.15, -0.1) is 0 Å². The van der Waals surface area contributed by atoms with Crippen LogP contribution in [0.2, 0.25) is 0 Å². The van der Waals surface area contributed by atoms with Crippen molar-refractivity contribution in [1.82, 2.24) is 0 Å². The van der Waals surface area contributed by atoms with Gasteiger partial charge in [-0.2, -0.15) is 0 Å². The van der Waals surface area contributed by atoms with Gasteiger partial charge in [-0.25, -0.2) is 0 Å². The van der Waals surface area contributed by atoms with E-state index in [-0.39, 0.29) is 18.0 Å². The van der Waals surface area contributed by atoms with Gasteiger partial charge in [0.2, 0.25) is 0 Å². The molecule has 0 saturated heterocycles. The number of para-hydroxylation sites is 1. The quantitative estimate of drug-likeness (QED) is 0.592. The van der Waals surface area contributed by atoms with Crippen molar-refractivity contribution >= 4 is 11.4 Å². The second-order valence-corrected chi connectivity index (χ2v) is 5.17. The number of hydrogen-bond acceptors (Lipinski definition) is 5. The Hall–Kier alpha value is -1.82. The summed E-state index contributed by atoms with van der Waals surface area (Å²) in [6.45, 7) is 2.36. The van der Waals surface area contributed by atoms with E-state index >= 15 is 0 Å². The summed E-state index contributed by atoms with van der Waals surface area (Å²) in [4.78, 5) is 10.9. The third kappa shape index (κ3) is 2.85. The number of nitrogens with zero attached hydrogens (tertiary/aromatic N) is 1. The lowest BCUT2D eigenvalue weighted by Crippen LogP contribution is -2.48. The predicted octanol–water partition coefficient (Wildman–Crippen LogP) is 2.71. The third-order valence-electron chi connectivity index (χ3n) is 3.66. The van der Waals surface area contributed by atoms with Gasteiger partial charge >= 0.3 is 5.69 Å². The van der Waals surface area contributed by atoms with Crippen LogP contribution in [0.4, 0.5) is 11.4 Å². The number of nitro groups is 1. The van der Waals surface area contributed by atoms with Gasteiger partial charge in [-0.05, 0) is 37.8 Å². The van der Waals surface area contributed by atoms with E-state index < -0.39 is 10.5 Å². The van der Waals surface area contributed by atoms with Crippen molar-refractivity contribution in [1.29, 1.82) is 0 Å². The molecule has 110 valence electrons. The number of ether oxygens (including phenoxy) is 1. The molecule has 0 bridgehead atoms. The molecule has 0 radical (unpaired) electrons. The van der Waals surface area contributed by atoms with Gasteiger partial charge in [-0.3, -0.25) is 10.1 Å². The Morgan fingerprint density at radius 1 is 1.50 bits per heavy atom. The van der Waals surface area contributed by atoms with Gasteiger partial charge in [0.05, 0.1) is 23.7 Å². The number of aliphatic hydroxyl groups excluding tert-OH is 1. The number of rotatable bonds is 7. The summed E-state index contributed by atoms with van der Waals surface area (Å²) in [5, 5.41) is 23.9. The molecule has 0 aliphatic heterocycles. The van der Waals surface area contributed by atoms with Crippen LogP contribution in [0.5, 0.6) is 5.75 Å². The zero-order valence-corrected chi connectivity index (χ0v) is 11.6. The van der Waals surface area contributed by atoms with Crippen molar-refractivity contribution < 1.29 is 14.8 Å². The first-order valence-corrected chi connectivity index (χ1v) is 6.91. The number of aliphatic hydroxyl groups is 1. The largest absolute Gasteiger partial charge is 0.487 e. The first-order chi connectivity index (χ1) is 9.62. The van der Waals surface area contributed by atoms with Crippen LogP contribution in [0.1, 0.15) is 32.6 Å². The van der Waals surface area contributed by atoms with Crippen LogP contribution in [0, 0.1) is 10.1 Å². The Kier molecular flexibility index (Phi) is 4.44. The molecule has 0 heterocycles. The molecule has 0 aromatic heterocycles. The highest BCUT2D eigenvalue weighted by Crippen LogP contribution is 2.41. The fraction of sp³-hybridized carbons (Fsp3) is 0.571. The molecule has 2 rings (SSSR count). The maximum absolute atomic E-state index is 11.3. The molecule has 0 spiro atoms. The lowest BCUT2D eigenvalue weighted by molar-refractivity contribution is -0.385. The number of hydrogen-bond donors (Lipinski definition) is 2. The average Bonchev–Trinajstić information content (AvgIpc) is 2.40. The SMILES string of the molecule is CCCOc1cccc(NC2(CO)CCC2)c1[N+](=O)[O-]. The molecule has 1 aromatic carbocycles. The number of benzene rings is 1. The highest BCUT2D eigenvalue weighted by atomic mass is 16.6. The molecule has 6 nitrogen and oxygen atoms in total. The Labute approximate surface area is 117 Å². The van der Waals surface area contributed by atoms with Crippen molar-refractivity contribution in [3.8, 4) is 5.75 Å². The van der Waals surface area contributed by atoms with Crippen molar-refractivity contribution in [2.75, 3.05) is 18.5 Å². The second kappa shape index (κ2) is 6.09. The van der Waals surface area contributed by atoms with Crippen LogP contribution in [-0.4, -0.2) is 28.8 Å². The first-order valence-electron chi connectivity index (χ1n) is 6.91. The zero-order chi connectivity index (χ0) is 14.6. The molecule has 1 fully saturated rings. The molecular formula is C14H20N2O4. The van der Waals surface area contributed by atoms with Crippen LogP contribution in [0.3, 0.4) is 0 Å². The zero-order valence-electron chi connectivity index (χ0n) is 11.6. The number of nitro benzene ring substituents is 1. The van der Waals surface area contributed by atoms with Gasteiger partial charge in [0.25, 0.3) is 0 Å². The van der Waals surface area contributed by atoms with Crippen molar-refractivity contribution in [3.63, 3.8) is 0 Å². The molecule has 0 amide bonds. The normalized spacial score (nSPS) is 16.3. The van der Waals surface area contributed by atoms with Gasteiger partial charge in [-0.1, -0.05) is 13.0 Å². The van der Waals surface area contributed by atoms with Crippen LogP contribution >= 0.6 is 0 Å². The number of anilines is 1. The fourth-order valence-electron chi connectivity index (χ4n) is 2.35. The summed E-state index contributed by atoms with van der Waals surface area (Å²) < 4.78 is 5.44. The Balaban J connectivity index is 2.29. The van der Waals surface area contributed by atoms with E-state index in [4.69, 9.17) is 4.74 Å². The van der Waals surface area contributed by atoms with E-state index in [1.807, 2.05) is 6.92 Å². The minimum atomic E-state index is -0.433. The fourth-order valence-corrected chi connectivity index (χ4v) is 2.35. The lowest BCUT2D eigenvalue weighted by atomic mass is 9.77. The average molecular weight is 280 g/mol. The summed E-state index contributed by atoms with van der Waals surface area (Å²) in [5.41, 5.74) is -0.0632. The Morgan fingerprint density at radius 3 is 2.75 bits per heavy atom. The summed E-state index contributed by atoms with van der Waals surface area (Å²) in [5.74, 6) is 0.272. The van der Waals surface area contributed by atoms with Crippen LogP contribution in [-0.2, 0) is 0 Å². The Bertz CT molecular complexity index is 481. The van der Waals surface area contributed by atoms with Crippen LogP contribution in [0.25, 0.3) is 0 Å². The van der Waals surface area contributed by atoms with Gasteiger partial charge in [0.15, 0.2) is 5.75 Å². The number of nitrogens with one attached hydrogen (secondary N) is 1. The molecular weight excluding hydrogens is 260 g/mol. The van der Waals surface area contributed by atoms with Crippen LogP contribution < -0.4 is 10.1 Å². The maximum atomic E-state index is 11.3. The molecule has 1 aliphatic carbocycles. The summed E-state index contributed by atoms with van der Waals surface area (Å²) in [6.07, 6.45) is 3.45. The minimum absolute atomic E-state index is 0.0236. The van der Waals surface area contributed by atoms with Crippen LogP contribution in [0.15, 0.2) is 18.2 Å². The molecule has 2 N–H and O–H groups in total. The van der Waals surface area contributed by atoms with Gasteiger partial charge in [0, 0.05) is 0 Å². The standard InChI is InChI=1S/C14H20N2O4/c1-2-9-20-12-6-3-5-11(13(12)16(18)19)15-14(10-17)7-4-8-14/h3,5-6,15,17H,2,4,7-10H2,1H3.